The van der Waals surface area contributed by atoms with Crippen molar-refractivity contribution in [2.24, 2.45) is 0 Å². The van der Waals surface area contributed by atoms with E-state index in [1.54, 1.807) is 24.5 Å². The summed E-state index contributed by atoms with van der Waals surface area (Å²) < 4.78 is 5.16. The zero-order valence-electron chi connectivity index (χ0n) is 17.7. The largest absolute Gasteiger partial charge is 0.444 e. The van der Waals surface area contributed by atoms with Crippen LogP contribution in [0, 0.1) is 0 Å². The van der Waals surface area contributed by atoms with Gasteiger partial charge < -0.3 is 15.4 Å². The summed E-state index contributed by atoms with van der Waals surface area (Å²) in [6.45, 7) is 6.85. The maximum absolute atomic E-state index is 12.4. The molecule has 0 unspecified atom stereocenters. The van der Waals surface area contributed by atoms with Gasteiger partial charge in [-0.1, -0.05) is 12.1 Å². The molecule has 0 atom stereocenters. The van der Waals surface area contributed by atoms with E-state index < -0.39 is 11.7 Å². The standard InChI is InChI=1S/C22H30N4O4/c1-22(2,3)30-21(28)24-12-6-7-15-29-26-20(27)18-8-4-5-9-19(18)25-16-17-10-13-23-14-11-17/h4-5,8-11,13-14,25H,6-7,12,15-16H2,1-3H3,(H,24,28)(H,26,27). The molecule has 0 aliphatic heterocycles. The first-order valence-corrected chi connectivity index (χ1v) is 9.96. The van der Waals surface area contributed by atoms with E-state index in [4.69, 9.17) is 9.57 Å². The highest BCUT2D eigenvalue weighted by molar-refractivity contribution is 5.98. The number of rotatable bonds is 10. The summed E-state index contributed by atoms with van der Waals surface area (Å²) >= 11 is 0. The van der Waals surface area contributed by atoms with Crippen LogP contribution >= 0.6 is 0 Å². The molecule has 1 aromatic heterocycles. The Morgan fingerprint density at radius 2 is 1.77 bits per heavy atom. The van der Waals surface area contributed by atoms with Crippen LogP contribution in [0.5, 0.6) is 0 Å². The van der Waals surface area contributed by atoms with Crippen LogP contribution in [0.2, 0.25) is 0 Å². The highest BCUT2D eigenvalue weighted by Crippen LogP contribution is 2.16. The Morgan fingerprint density at radius 1 is 1.03 bits per heavy atom. The summed E-state index contributed by atoms with van der Waals surface area (Å²) in [5, 5.41) is 5.94. The number of nitrogens with zero attached hydrogens (tertiary/aromatic N) is 1. The van der Waals surface area contributed by atoms with Crippen LogP contribution in [0.1, 0.15) is 49.5 Å². The molecule has 0 spiro atoms. The minimum absolute atomic E-state index is 0.320. The number of anilines is 1. The first-order valence-electron chi connectivity index (χ1n) is 9.96. The lowest BCUT2D eigenvalue weighted by Gasteiger charge is -2.19. The fraction of sp³-hybridized carbons (Fsp3) is 0.409. The molecule has 8 nitrogen and oxygen atoms in total. The Balaban J connectivity index is 1.67. The third kappa shape index (κ3) is 8.91. The second-order valence-electron chi connectivity index (χ2n) is 7.67. The number of hydrogen-bond acceptors (Lipinski definition) is 6. The molecule has 2 rings (SSSR count). The number of unbranched alkanes of at least 4 members (excludes halogenated alkanes) is 1. The van der Waals surface area contributed by atoms with Gasteiger partial charge in [-0.05, 0) is 63.4 Å². The van der Waals surface area contributed by atoms with Crippen LogP contribution in [-0.2, 0) is 16.1 Å². The molecule has 1 aromatic carbocycles. The number of ether oxygens (including phenoxy) is 1. The average Bonchev–Trinajstić information content (AvgIpc) is 2.71. The lowest BCUT2D eigenvalue weighted by molar-refractivity contribution is 0.0298. The number of benzene rings is 1. The zero-order valence-corrected chi connectivity index (χ0v) is 17.7. The van der Waals surface area contributed by atoms with Crippen molar-refractivity contribution in [1.29, 1.82) is 0 Å². The van der Waals surface area contributed by atoms with E-state index in [0.717, 1.165) is 11.3 Å². The summed E-state index contributed by atoms with van der Waals surface area (Å²) in [5.41, 5.74) is 4.24. The van der Waals surface area contributed by atoms with Crippen molar-refractivity contribution in [2.45, 2.75) is 45.8 Å². The molecule has 3 N–H and O–H groups in total. The van der Waals surface area contributed by atoms with Crippen molar-refractivity contribution < 1.29 is 19.2 Å². The Morgan fingerprint density at radius 3 is 2.50 bits per heavy atom. The minimum atomic E-state index is -0.513. The minimum Gasteiger partial charge on any atom is -0.444 e. The number of alkyl carbamates (subject to hydrolysis) is 1. The van der Waals surface area contributed by atoms with Gasteiger partial charge in [0.1, 0.15) is 5.60 Å². The SMILES string of the molecule is CC(C)(C)OC(=O)NCCCCONC(=O)c1ccccc1NCc1ccncc1. The van der Waals surface area contributed by atoms with E-state index in [9.17, 15) is 9.59 Å². The van der Waals surface area contributed by atoms with Gasteiger partial charge in [0.15, 0.2) is 0 Å². The van der Waals surface area contributed by atoms with Crippen LogP contribution in [0.4, 0.5) is 10.5 Å². The predicted molar refractivity (Wildman–Crippen MR) is 115 cm³/mol. The molecular formula is C22H30N4O4. The van der Waals surface area contributed by atoms with Gasteiger partial charge in [0.05, 0.1) is 12.2 Å². The first-order chi connectivity index (χ1) is 14.3. The highest BCUT2D eigenvalue weighted by Gasteiger charge is 2.15. The lowest BCUT2D eigenvalue weighted by atomic mass is 10.1. The molecule has 0 bridgehead atoms. The molecule has 30 heavy (non-hydrogen) atoms. The monoisotopic (exact) mass is 414 g/mol. The van der Waals surface area contributed by atoms with E-state index in [2.05, 4.69) is 21.1 Å². The van der Waals surface area contributed by atoms with Crippen LogP contribution in [0.25, 0.3) is 0 Å². The third-order valence-corrected chi connectivity index (χ3v) is 3.91. The number of pyridine rings is 1. The number of carbonyl (C=O) groups is 2. The zero-order chi connectivity index (χ0) is 21.8. The van der Waals surface area contributed by atoms with Gasteiger partial charge in [0.25, 0.3) is 5.91 Å². The van der Waals surface area contributed by atoms with Crippen molar-refractivity contribution >= 4 is 17.7 Å². The number of carbonyl (C=O) groups excluding carboxylic acids is 2. The van der Waals surface area contributed by atoms with Crippen molar-refractivity contribution in [3.8, 4) is 0 Å². The second-order valence-corrected chi connectivity index (χ2v) is 7.67. The third-order valence-electron chi connectivity index (χ3n) is 3.91. The molecule has 0 fully saturated rings. The van der Waals surface area contributed by atoms with Crippen molar-refractivity contribution in [1.82, 2.24) is 15.8 Å². The smallest absolute Gasteiger partial charge is 0.407 e. The number of amides is 2. The molecule has 0 saturated carbocycles. The second kappa shape index (κ2) is 11.8. The Hall–Kier alpha value is -3.13. The molecule has 2 aromatic rings. The Bertz CT molecular complexity index is 806. The maximum Gasteiger partial charge on any atom is 0.407 e. The number of nitrogens with one attached hydrogen (secondary N) is 3. The molecule has 162 valence electrons. The van der Waals surface area contributed by atoms with E-state index in [0.29, 0.717) is 38.1 Å². The number of hydrogen-bond donors (Lipinski definition) is 3. The molecule has 8 heteroatoms. The predicted octanol–water partition coefficient (Wildman–Crippen LogP) is 3.66. The summed E-state index contributed by atoms with van der Waals surface area (Å²) in [5.74, 6) is -0.320. The van der Waals surface area contributed by atoms with Gasteiger partial charge in [-0.3, -0.25) is 14.6 Å². The fourth-order valence-electron chi connectivity index (χ4n) is 2.51. The van der Waals surface area contributed by atoms with Crippen LogP contribution < -0.4 is 16.1 Å². The van der Waals surface area contributed by atoms with Gasteiger partial charge in [-0.15, -0.1) is 0 Å². The number of hydroxylamine groups is 1. The topological polar surface area (TPSA) is 102 Å². The van der Waals surface area contributed by atoms with Crippen LogP contribution in [0.3, 0.4) is 0 Å². The van der Waals surface area contributed by atoms with E-state index in [1.807, 2.05) is 45.0 Å². The highest BCUT2D eigenvalue weighted by atomic mass is 16.6. The van der Waals surface area contributed by atoms with Crippen molar-refractivity contribution in [3.63, 3.8) is 0 Å². The van der Waals surface area contributed by atoms with Gasteiger partial charge in [-0.25, -0.2) is 10.3 Å². The quantitative estimate of drug-likeness (QED) is 0.405. The van der Waals surface area contributed by atoms with Crippen LogP contribution in [-0.4, -0.2) is 35.7 Å². The lowest BCUT2D eigenvalue weighted by Crippen LogP contribution is -2.33. The molecule has 0 radical (unpaired) electrons. The molecule has 0 saturated heterocycles. The van der Waals surface area contributed by atoms with Gasteiger partial charge in [0.2, 0.25) is 0 Å². The summed E-state index contributed by atoms with van der Waals surface area (Å²) in [6, 6.07) is 11.1. The van der Waals surface area contributed by atoms with E-state index in [1.165, 1.54) is 0 Å². The molecule has 0 aliphatic rings. The summed E-state index contributed by atoms with van der Waals surface area (Å²) in [6.07, 6.45) is 4.41. The number of aromatic nitrogens is 1. The van der Waals surface area contributed by atoms with Crippen LogP contribution in [0.15, 0.2) is 48.8 Å². The Labute approximate surface area is 177 Å². The molecule has 1 heterocycles. The van der Waals surface area contributed by atoms with Gasteiger partial charge >= 0.3 is 6.09 Å². The van der Waals surface area contributed by atoms with E-state index in [-0.39, 0.29) is 5.91 Å². The summed E-state index contributed by atoms with van der Waals surface area (Å²) in [7, 11) is 0. The van der Waals surface area contributed by atoms with Crippen molar-refractivity contribution in [3.05, 3.63) is 59.9 Å². The molecular weight excluding hydrogens is 384 g/mol. The first kappa shape index (κ1) is 23.2. The number of para-hydroxylation sites is 1. The normalized spacial score (nSPS) is 10.9. The fourth-order valence-corrected chi connectivity index (χ4v) is 2.51. The van der Waals surface area contributed by atoms with E-state index >= 15 is 0 Å². The van der Waals surface area contributed by atoms with Gasteiger partial charge in [-0.2, -0.15) is 0 Å². The van der Waals surface area contributed by atoms with Crippen molar-refractivity contribution in [2.75, 3.05) is 18.5 Å². The average molecular weight is 415 g/mol. The van der Waals surface area contributed by atoms with Gasteiger partial charge in [0, 0.05) is 31.2 Å². The molecule has 2 amide bonds. The summed E-state index contributed by atoms with van der Waals surface area (Å²) in [4.78, 5) is 33.2. The Kier molecular flexibility index (Phi) is 9.08. The maximum atomic E-state index is 12.4. The molecule has 0 aliphatic carbocycles.